The summed E-state index contributed by atoms with van der Waals surface area (Å²) in [5.74, 6) is 0. The van der Waals surface area contributed by atoms with Crippen LogP contribution in [0.4, 0.5) is 0 Å². The number of hydrogen-bond acceptors (Lipinski definition) is 3. The Morgan fingerprint density at radius 3 is 1.43 bits per heavy atom. The molecular formula is C49H27N3O2. The first kappa shape index (κ1) is 29.1. The van der Waals surface area contributed by atoms with Gasteiger partial charge < -0.3 is 18.0 Å². The van der Waals surface area contributed by atoms with Crippen molar-refractivity contribution < 1.29 is 8.83 Å². The number of hydrogen-bond donors (Lipinski definition) is 0. The van der Waals surface area contributed by atoms with Crippen molar-refractivity contribution in [2.45, 2.75) is 0 Å². The highest BCUT2D eigenvalue weighted by molar-refractivity contribution is 6.28. The summed E-state index contributed by atoms with van der Waals surface area (Å²) in [6.07, 6.45) is 0. The SMILES string of the molecule is N#Cc1cc(-c2ccc(-n3c4ccccc4c4c5c(ccc43)oc3ccccc35)cc2)cc(-n2c3ccccc3c3c4c(ccc32)oc2ccccc24)c1. The van der Waals surface area contributed by atoms with E-state index in [2.05, 4.69) is 143 Å². The van der Waals surface area contributed by atoms with Gasteiger partial charge in [0.25, 0.3) is 0 Å². The minimum Gasteiger partial charge on any atom is -0.456 e. The maximum atomic E-state index is 10.3. The third kappa shape index (κ3) is 3.91. The Hall–Kier alpha value is -7.55. The maximum Gasteiger partial charge on any atom is 0.136 e. The third-order valence-corrected chi connectivity index (χ3v) is 11.1. The number of furan rings is 2. The number of aromatic nitrogens is 2. The number of nitriles is 1. The van der Waals surface area contributed by atoms with E-state index < -0.39 is 0 Å². The summed E-state index contributed by atoms with van der Waals surface area (Å²) >= 11 is 0. The highest BCUT2D eigenvalue weighted by atomic mass is 16.3. The first-order valence-corrected chi connectivity index (χ1v) is 18.1. The quantitative estimate of drug-likeness (QED) is 0.185. The van der Waals surface area contributed by atoms with Crippen molar-refractivity contribution in [1.29, 1.82) is 5.26 Å². The Labute approximate surface area is 307 Å². The Balaban J connectivity index is 1.04. The predicted molar refractivity (Wildman–Crippen MR) is 220 cm³/mol. The number of rotatable bonds is 3. The van der Waals surface area contributed by atoms with Crippen LogP contribution in [0.15, 0.2) is 173 Å². The van der Waals surface area contributed by atoms with Crippen LogP contribution in [-0.2, 0) is 0 Å². The van der Waals surface area contributed by atoms with Crippen LogP contribution in [0.1, 0.15) is 5.56 Å². The van der Waals surface area contributed by atoms with Gasteiger partial charge in [0, 0.05) is 54.5 Å². The van der Waals surface area contributed by atoms with Gasteiger partial charge in [-0.05, 0) is 90.0 Å². The lowest BCUT2D eigenvalue weighted by atomic mass is 10.0. The topological polar surface area (TPSA) is 59.9 Å². The average Bonchev–Trinajstić information content (AvgIpc) is 3.98. The van der Waals surface area contributed by atoms with E-state index >= 15 is 0 Å². The van der Waals surface area contributed by atoms with Gasteiger partial charge in [0.2, 0.25) is 0 Å². The molecule has 5 nitrogen and oxygen atoms in total. The van der Waals surface area contributed by atoms with Gasteiger partial charge in [0.1, 0.15) is 22.3 Å². The fraction of sp³-hybridized carbons (Fsp3) is 0. The zero-order valence-corrected chi connectivity index (χ0v) is 28.7. The van der Waals surface area contributed by atoms with Gasteiger partial charge in [-0.25, -0.2) is 0 Å². The summed E-state index contributed by atoms with van der Waals surface area (Å²) in [5.41, 5.74) is 12.5. The van der Waals surface area contributed by atoms with Gasteiger partial charge in [-0.15, -0.1) is 0 Å². The van der Waals surface area contributed by atoms with Crippen LogP contribution in [0.25, 0.3) is 110 Å². The van der Waals surface area contributed by atoms with Gasteiger partial charge in [0.15, 0.2) is 0 Å². The van der Waals surface area contributed by atoms with E-state index in [9.17, 15) is 5.26 Å². The van der Waals surface area contributed by atoms with E-state index in [1.165, 1.54) is 10.8 Å². The maximum absolute atomic E-state index is 10.3. The lowest BCUT2D eigenvalue weighted by molar-refractivity contribution is 0.669. The van der Waals surface area contributed by atoms with Gasteiger partial charge in [-0.1, -0.05) is 84.9 Å². The van der Waals surface area contributed by atoms with E-state index in [1.807, 2.05) is 36.4 Å². The van der Waals surface area contributed by atoms with Crippen molar-refractivity contribution in [1.82, 2.24) is 9.13 Å². The van der Waals surface area contributed by atoms with Gasteiger partial charge >= 0.3 is 0 Å². The molecule has 5 heteroatoms. The first-order chi connectivity index (χ1) is 26.7. The second-order valence-corrected chi connectivity index (χ2v) is 14.0. The highest BCUT2D eigenvalue weighted by Crippen LogP contribution is 2.43. The molecule has 0 fully saturated rings. The molecule has 0 N–H and O–H groups in total. The molecule has 0 radical (unpaired) electrons. The highest BCUT2D eigenvalue weighted by Gasteiger charge is 2.21. The molecule has 0 aliphatic rings. The summed E-state index contributed by atoms with van der Waals surface area (Å²) in [4.78, 5) is 0. The van der Waals surface area contributed by atoms with Gasteiger partial charge in [0.05, 0.1) is 33.7 Å². The van der Waals surface area contributed by atoms with E-state index in [0.29, 0.717) is 5.56 Å². The third-order valence-electron chi connectivity index (χ3n) is 11.1. The molecule has 8 aromatic carbocycles. The number of fused-ring (bicyclic) bond motifs is 14. The Kier molecular flexibility index (Phi) is 5.78. The molecule has 0 spiro atoms. The molecule has 0 saturated heterocycles. The molecule has 4 aromatic heterocycles. The van der Waals surface area contributed by atoms with Gasteiger partial charge in [-0.2, -0.15) is 5.26 Å². The molecule has 0 unspecified atom stereocenters. The first-order valence-electron chi connectivity index (χ1n) is 18.1. The number of benzene rings is 8. The van der Waals surface area contributed by atoms with Crippen molar-refractivity contribution in [2.75, 3.05) is 0 Å². The van der Waals surface area contributed by atoms with Crippen LogP contribution in [-0.4, -0.2) is 9.13 Å². The smallest absolute Gasteiger partial charge is 0.136 e. The van der Waals surface area contributed by atoms with Crippen LogP contribution in [0.2, 0.25) is 0 Å². The summed E-state index contributed by atoms with van der Waals surface area (Å²) in [6, 6.07) is 59.3. The zero-order valence-electron chi connectivity index (χ0n) is 28.7. The minimum absolute atomic E-state index is 0.603. The molecular weight excluding hydrogens is 663 g/mol. The Morgan fingerprint density at radius 1 is 0.370 bits per heavy atom. The Morgan fingerprint density at radius 2 is 0.870 bits per heavy atom. The molecule has 12 aromatic rings. The fourth-order valence-electron chi connectivity index (χ4n) is 8.88. The van der Waals surface area contributed by atoms with E-state index in [-0.39, 0.29) is 0 Å². The molecule has 0 saturated carbocycles. The van der Waals surface area contributed by atoms with E-state index in [0.717, 1.165) is 99.2 Å². The van der Waals surface area contributed by atoms with E-state index in [1.54, 1.807) is 0 Å². The van der Waals surface area contributed by atoms with E-state index in [4.69, 9.17) is 8.83 Å². The normalized spacial score (nSPS) is 12.1. The van der Waals surface area contributed by atoms with Crippen molar-refractivity contribution in [3.05, 3.63) is 169 Å². The van der Waals surface area contributed by atoms with Crippen LogP contribution in [0.3, 0.4) is 0 Å². The largest absolute Gasteiger partial charge is 0.456 e. The molecule has 0 aliphatic heterocycles. The molecule has 12 rings (SSSR count). The van der Waals surface area contributed by atoms with Crippen LogP contribution >= 0.6 is 0 Å². The summed E-state index contributed by atoms with van der Waals surface area (Å²) < 4.78 is 17.2. The number of nitrogens with zero attached hydrogens (tertiary/aromatic N) is 3. The minimum atomic E-state index is 0.603. The van der Waals surface area contributed by atoms with Crippen LogP contribution in [0, 0.1) is 11.3 Å². The van der Waals surface area contributed by atoms with Crippen molar-refractivity contribution in [3.63, 3.8) is 0 Å². The molecule has 4 heterocycles. The van der Waals surface area contributed by atoms with Crippen molar-refractivity contribution in [3.8, 4) is 28.6 Å². The second kappa shape index (κ2) is 10.7. The van der Waals surface area contributed by atoms with Crippen molar-refractivity contribution in [2.24, 2.45) is 0 Å². The molecule has 0 bridgehead atoms. The summed E-state index contributed by atoms with van der Waals surface area (Å²) in [6.45, 7) is 0. The monoisotopic (exact) mass is 689 g/mol. The molecule has 0 amide bonds. The summed E-state index contributed by atoms with van der Waals surface area (Å²) in [7, 11) is 0. The van der Waals surface area contributed by atoms with Crippen molar-refractivity contribution >= 4 is 87.5 Å². The Bertz CT molecular complexity index is 3570. The second-order valence-electron chi connectivity index (χ2n) is 14.0. The molecule has 250 valence electrons. The molecule has 54 heavy (non-hydrogen) atoms. The van der Waals surface area contributed by atoms with Gasteiger partial charge in [-0.3, -0.25) is 0 Å². The lowest BCUT2D eigenvalue weighted by Crippen LogP contribution is -1.96. The lowest BCUT2D eigenvalue weighted by Gasteiger charge is -2.13. The summed E-state index contributed by atoms with van der Waals surface area (Å²) in [5, 5.41) is 19.4. The standard InChI is InChI=1S/C49H27N3O2/c50-28-29-25-31(27-33(26-29)52-39-14-6-2-10-35(39)47-41(52)22-24-45-49(47)37-12-4-8-16-43(37)54-45)30-17-19-32(20-18-30)51-38-13-5-1-9-34(38)46-40(51)21-23-44-48(46)36-11-3-7-15-42(36)53-44/h1-27H. The molecule has 0 atom stereocenters. The van der Waals surface area contributed by atoms with Crippen LogP contribution in [0.5, 0.6) is 0 Å². The number of para-hydroxylation sites is 4. The van der Waals surface area contributed by atoms with Crippen LogP contribution < -0.4 is 0 Å². The average molecular weight is 690 g/mol. The zero-order chi connectivity index (χ0) is 35.5. The fourth-order valence-corrected chi connectivity index (χ4v) is 8.88. The molecule has 0 aliphatic carbocycles. The predicted octanol–water partition coefficient (Wildman–Crippen LogP) is 13.2.